The van der Waals surface area contributed by atoms with Crippen molar-refractivity contribution in [2.24, 2.45) is 0 Å². The van der Waals surface area contributed by atoms with E-state index in [4.69, 9.17) is 0 Å². The lowest BCUT2D eigenvalue weighted by Crippen LogP contribution is -2.27. The molecule has 0 fully saturated rings. The van der Waals surface area contributed by atoms with Crippen LogP contribution in [0.5, 0.6) is 0 Å². The molecule has 0 radical (unpaired) electrons. The molecule has 5 heteroatoms. The number of rotatable bonds is 5. The lowest BCUT2D eigenvalue weighted by atomic mass is 10.3. The third-order valence-corrected chi connectivity index (χ3v) is 3.32. The van der Waals surface area contributed by atoms with Gasteiger partial charge in [0.15, 0.2) is 0 Å². The average molecular weight is 280 g/mol. The molecule has 1 aromatic carbocycles. The van der Waals surface area contributed by atoms with Crippen molar-refractivity contribution < 1.29 is 0 Å². The zero-order valence-corrected chi connectivity index (χ0v) is 11.6. The fourth-order valence-corrected chi connectivity index (χ4v) is 2.27. The summed E-state index contributed by atoms with van der Waals surface area (Å²) in [6.45, 7) is 2.07. The molecule has 2 aromatic heterocycles. The van der Waals surface area contributed by atoms with Gasteiger partial charge in [0.25, 0.3) is 5.56 Å². The zero-order valence-electron chi connectivity index (χ0n) is 11.6. The van der Waals surface area contributed by atoms with Crippen molar-refractivity contribution in [3.63, 3.8) is 0 Å². The molecule has 106 valence electrons. The Morgan fingerprint density at radius 1 is 1.10 bits per heavy atom. The molecule has 0 aliphatic rings. The van der Waals surface area contributed by atoms with Crippen LogP contribution in [0.4, 0.5) is 0 Å². The topological polar surface area (TPSA) is 59.8 Å². The summed E-state index contributed by atoms with van der Waals surface area (Å²) in [7, 11) is 0. The van der Waals surface area contributed by atoms with Gasteiger partial charge in [-0.05, 0) is 23.8 Å². The lowest BCUT2D eigenvalue weighted by molar-refractivity contribution is 0.595. The largest absolute Gasteiger partial charge is 0.311 e. The first-order valence-electron chi connectivity index (χ1n) is 6.89. The zero-order chi connectivity index (χ0) is 14.5. The van der Waals surface area contributed by atoms with Gasteiger partial charge in [-0.25, -0.2) is 4.98 Å². The highest BCUT2D eigenvalue weighted by atomic mass is 16.1. The highest BCUT2D eigenvalue weighted by molar-refractivity contribution is 5.74. The number of fused-ring (bicyclic) bond motifs is 1. The Bertz CT molecular complexity index is 783. The Morgan fingerprint density at radius 3 is 2.86 bits per heavy atom. The molecule has 0 atom stereocenters. The maximum absolute atomic E-state index is 12.0. The molecule has 0 spiro atoms. The van der Waals surface area contributed by atoms with Gasteiger partial charge < -0.3 is 9.88 Å². The second-order valence-corrected chi connectivity index (χ2v) is 4.77. The number of nitrogens with one attached hydrogen (secondary N) is 1. The van der Waals surface area contributed by atoms with Gasteiger partial charge >= 0.3 is 0 Å². The normalized spacial score (nSPS) is 10.9. The van der Waals surface area contributed by atoms with Gasteiger partial charge in [0.1, 0.15) is 0 Å². The second-order valence-electron chi connectivity index (χ2n) is 4.77. The van der Waals surface area contributed by atoms with Gasteiger partial charge in [0.2, 0.25) is 0 Å². The molecular weight excluding hydrogens is 264 g/mol. The third-order valence-electron chi connectivity index (χ3n) is 3.32. The smallest absolute Gasteiger partial charge is 0.269 e. The van der Waals surface area contributed by atoms with E-state index in [0.717, 1.165) is 23.1 Å². The molecule has 0 amide bonds. The van der Waals surface area contributed by atoms with E-state index in [0.29, 0.717) is 13.1 Å². The van der Waals surface area contributed by atoms with E-state index in [-0.39, 0.29) is 5.56 Å². The van der Waals surface area contributed by atoms with E-state index >= 15 is 0 Å². The van der Waals surface area contributed by atoms with Crippen molar-refractivity contribution in [3.05, 3.63) is 70.9 Å². The van der Waals surface area contributed by atoms with Crippen LogP contribution in [0, 0.1) is 0 Å². The van der Waals surface area contributed by atoms with Crippen molar-refractivity contribution in [1.29, 1.82) is 0 Å². The molecular formula is C16H16N4O. The van der Waals surface area contributed by atoms with Crippen molar-refractivity contribution in [1.82, 2.24) is 19.9 Å². The molecule has 0 bridgehead atoms. The number of hydrogen-bond acceptors (Lipinski definition) is 4. The minimum absolute atomic E-state index is 0.0723. The Kier molecular flexibility index (Phi) is 4.02. The predicted octanol–water partition coefficient (Wildman–Crippen LogP) is 1.58. The first kappa shape index (κ1) is 13.5. The Morgan fingerprint density at radius 2 is 2.00 bits per heavy atom. The van der Waals surface area contributed by atoms with Gasteiger partial charge in [0.05, 0.1) is 17.2 Å². The molecule has 2 heterocycles. The minimum atomic E-state index is -0.0723. The summed E-state index contributed by atoms with van der Waals surface area (Å²) >= 11 is 0. The minimum Gasteiger partial charge on any atom is -0.311 e. The molecule has 21 heavy (non-hydrogen) atoms. The van der Waals surface area contributed by atoms with Crippen LogP contribution in [0.3, 0.4) is 0 Å². The molecule has 3 aromatic rings. The monoisotopic (exact) mass is 280 g/mol. The first-order valence-corrected chi connectivity index (χ1v) is 6.89. The molecule has 0 aliphatic heterocycles. The van der Waals surface area contributed by atoms with Gasteiger partial charge in [0, 0.05) is 32.0 Å². The molecule has 0 unspecified atom stereocenters. The molecule has 1 N–H and O–H groups in total. The highest BCUT2D eigenvalue weighted by Gasteiger charge is 2.03. The van der Waals surface area contributed by atoms with Crippen molar-refractivity contribution in [3.8, 4) is 0 Å². The molecule has 0 aliphatic carbocycles. The van der Waals surface area contributed by atoms with E-state index in [9.17, 15) is 4.79 Å². The Hall–Kier alpha value is -2.53. The van der Waals surface area contributed by atoms with Crippen LogP contribution >= 0.6 is 0 Å². The SMILES string of the molecule is O=c1cnc2ccccc2n1CCNCc1cccnc1. The number of nitrogens with zero attached hydrogens (tertiary/aromatic N) is 3. The van der Waals surface area contributed by atoms with Crippen molar-refractivity contribution in [2.75, 3.05) is 6.54 Å². The second kappa shape index (κ2) is 6.28. The van der Waals surface area contributed by atoms with Crippen LogP contribution in [-0.2, 0) is 13.1 Å². The van der Waals surface area contributed by atoms with Crippen LogP contribution in [0.2, 0.25) is 0 Å². The summed E-state index contributed by atoms with van der Waals surface area (Å²) in [5.41, 5.74) is 2.76. The summed E-state index contributed by atoms with van der Waals surface area (Å²) in [6, 6.07) is 11.6. The van der Waals surface area contributed by atoms with E-state index in [1.165, 1.54) is 6.20 Å². The van der Waals surface area contributed by atoms with Gasteiger partial charge in [-0.1, -0.05) is 18.2 Å². The summed E-state index contributed by atoms with van der Waals surface area (Å²) < 4.78 is 1.75. The number of para-hydroxylation sites is 2. The summed E-state index contributed by atoms with van der Waals surface area (Å²) in [6.07, 6.45) is 4.97. The third kappa shape index (κ3) is 3.14. The lowest BCUT2D eigenvalue weighted by Gasteiger charge is -2.10. The summed E-state index contributed by atoms with van der Waals surface area (Å²) in [5, 5.41) is 3.32. The van der Waals surface area contributed by atoms with Crippen LogP contribution in [-0.4, -0.2) is 21.1 Å². The number of pyridine rings is 1. The number of benzene rings is 1. The van der Waals surface area contributed by atoms with Gasteiger partial charge in [-0.3, -0.25) is 9.78 Å². The van der Waals surface area contributed by atoms with Gasteiger partial charge in [-0.2, -0.15) is 0 Å². The predicted molar refractivity (Wildman–Crippen MR) is 81.9 cm³/mol. The standard InChI is InChI=1S/C16H16N4O/c21-16-12-19-14-5-1-2-6-15(14)20(16)9-8-18-11-13-4-3-7-17-10-13/h1-7,10,12,18H,8-9,11H2. The molecule has 5 nitrogen and oxygen atoms in total. The maximum Gasteiger partial charge on any atom is 0.269 e. The van der Waals surface area contributed by atoms with E-state index < -0.39 is 0 Å². The summed E-state index contributed by atoms with van der Waals surface area (Å²) in [5.74, 6) is 0. The average Bonchev–Trinajstić information content (AvgIpc) is 2.54. The molecule has 3 rings (SSSR count). The van der Waals surface area contributed by atoms with Crippen LogP contribution < -0.4 is 10.9 Å². The maximum atomic E-state index is 12.0. The van der Waals surface area contributed by atoms with Crippen molar-refractivity contribution >= 4 is 11.0 Å². The first-order chi connectivity index (χ1) is 10.3. The quantitative estimate of drug-likeness (QED) is 0.721. The Balaban J connectivity index is 1.68. The number of hydrogen-bond donors (Lipinski definition) is 1. The fourth-order valence-electron chi connectivity index (χ4n) is 2.27. The highest BCUT2D eigenvalue weighted by Crippen LogP contribution is 2.07. The summed E-state index contributed by atoms with van der Waals surface area (Å²) in [4.78, 5) is 20.2. The van der Waals surface area contributed by atoms with Gasteiger partial charge in [-0.15, -0.1) is 0 Å². The Labute approximate surface area is 122 Å². The van der Waals surface area contributed by atoms with E-state index in [1.807, 2.05) is 42.6 Å². The van der Waals surface area contributed by atoms with Crippen molar-refractivity contribution in [2.45, 2.75) is 13.1 Å². The van der Waals surface area contributed by atoms with Crippen LogP contribution in [0.25, 0.3) is 11.0 Å². The number of aromatic nitrogens is 3. The fraction of sp³-hybridized carbons (Fsp3) is 0.188. The molecule has 0 saturated carbocycles. The van der Waals surface area contributed by atoms with Crippen LogP contribution in [0.1, 0.15) is 5.56 Å². The van der Waals surface area contributed by atoms with E-state index in [1.54, 1.807) is 10.8 Å². The van der Waals surface area contributed by atoms with Crippen LogP contribution in [0.15, 0.2) is 59.8 Å². The molecule has 0 saturated heterocycles. The van der Waals surface area contributed by atoms with E-state index in [2.05, 4.69) is 15.3 Å².